The minimum absolute atomic E-state index is 0.0824. The molecule has 5 rings (SSSR count). The number of aliphatic imine (C=N–C) groups is 1. The number of allylic oxidation sites excluding steroid dienone is 1. The van der Waals surface area contributed by atoms with Crippen LogP contribution in [0, 0.1) is 28.6 Å². The van der Waals surface area contributed by atoms with Gasteiger partial charge >= 0.3 is 5.97 Å². The minimum atomic E-state index is -0.139. The van der Waals surface area contributed by atoms with Crippen molar-refractivity contribution in [3.8, 4) is 0 Å². The van der Waals surface area contributed by atoms with Crippen molar-refractivity contribution >= 4 is 11.7 Å². The zero-order valence-corrected chi connectivity index (χ0v) is 19.3. The zero-order chi connectivity index (χ0) is 21.6. The number of hydrogen-bond donors (Lipinski definition) is 0. The summed E-state index contributed by atoms with van der Waals surface area (Å²) in [6.07, 6.45) is 13.8. The lowest BCUT2D eigenvalue weighted by atomic mass is 9.48. The molecule has 0 radical (unpaired) electrons. The number of pyridine rings is 1. The van der Waals surface area contributed by atoms with Crippen LogP contribution in [0.2, 0.25) is 0 Å². The highest BCUT2D eigenvalue weighted by atomic mass is 16.5. The van der Waals surface area contributed by atoms with Gasteiger partial charge in [0.25, 0.3) is 0 Å². The Balaban J connectivity index is 1.35. The average Bonchev–Trinajstić information content (AvgIpc) is 3.09. The molecule has 0 aliphatic heterocycles. The molecule has 4 heteroatoms. The lowest BCUT2D eigenvalue weighted by Gasteiger charge is -2.57. The molecule has 4 aliphatic carbocycles. The van der Waals surface area contributed by atoms with E-state index in [2.05, 4.69) is 37.0 Å². The average molecular weight is 421 g/mol. The normalized spacial score (nSPS) is 40.5. The van der Waals surface area contributed by atoms with E-state index in [9.17, 15) is 4.79 Å². The van der Waals surface area contributed by atoms with Crippen LogP contribution in [0.1, 0.15) is 77.8 Å². The Bertz CT molecular complexity index is 907. The molecule has 0 aromatic carbocycles. The van der Waals surface area contributed by atoms with Crippen LogP contribution >= 0.6 is 0 Å². The summed E-state index contributed by atoms with van der Waals surface area (Å²) >= 11 is 0. The number of aromatic nitrogens is 1. The van der Waals surface area contributed by atoms with Crippen molar-refractivity contribution in [3.05, 3.63) is 41.7 Å². The Kier molecular flexibility index (Phi) is 5.30. The molecular formula is C27H36N2O2. The highest BCUT2D eigenvalue weighted by Gasteiger charge is 2.57. The molecule has 1 unspecified atom stereocenters. The third-order valence-corrected chi connectivity index (χ3v) is 9.29. The lowest BCUT2D eigenvalue weighted by molar-refractivity contribution is -0.148. The van der Waals surface area contributed by atoms with E-state index in [4.69, 9.17) is 9.73 Å². The van der Waals surface area contributed by atoms with Crippen molar-refractivity contribution < 1.29 is 9.53 Å². The second-order valence-electron chi connectivity index (χ2n) is 10.8. The van der Waals surface area contributed by atoms with E-state index in [1.807, 2.05) is 12.3 Å². The molecule has 0 amide bonds. The fraction of sp³-hybridized carbons (Fsp3) is 0.667. The van der Waals surface area contributed by atoms with E-state index in [0.717, 1.165) is 49.1 Å². The molecule has 3 fully saturated rings. The molecule has 0 bridgehead atoms. The summed E-state index contributed by atoms with van der Waals surface area (Å²) in [6.45, 7) is 7.25. The highest BCUT2D eigenvalue weighted by Crippen LogP contribution is 2.64. The van der Waals surface area contributed by atoms with Gasteiger partial charge in [0, 0.05) is 30.7 Å². The molecule has 3 saturated carbocycles. The van der Waals surface area contributed by atoms with Gasteiger partial charge < -0.3 is 4.74 Å². The minimum Gasteiger partial charge on any atom is -0.462 e. The Morgan fingerprint density at radius 3 is 2.74 bits per heavy atom. The molecule has 4 nitrogen and oxygen atoms in total. The largest absolute Gasteiger partial charge is 0.462 e. The number of fused-ring (bicyclic) bond motifs is 5. The zero-order valence-electron chi connectivity index (χ0n) is 19.3. The molecule has 0 spiro atoms. The Morgan fingerprint density at radius 1 is 1.16 bits per heavy atom. The summed E-state index contributed by atoms with van der Waals surface area (Å²) in [4.78, 5) is 21.0. The highest BCUT2D eigenvalue weighted by molar-refractivity contribution is 5.92. The van der Waals surface area contributed by atoms with Crippen molar-refractivity contribution in [2.75, 3.05) is 0 Å². The molecule has 0 N–H and O–H groups in total. The predicted molar refractivity (Wildman–Crippen MR) is 123 cm³/mol. The monoisotopic (exact) mass is 420 g/mol. The summed E-state index contributed by atoms with van der Waals surface area (Å²) in [5.74, 6) is 2.13. The van der Waals surface area contributed by atoms with Crippen LogP contribution in [-0.4, -0.2) is 22.8 Å². The maximum absolute atomic E-state index is 11.5. The molecule has 6 atom stereocenters. The second kappa shape index (κ2) is 7.86. The summed E-state index contributed by atoms with van der Waals surface area (Å²) < 4.78 is 5.58. The smallest absolute Gasteiger partial charge is 0.302 e. The number of rotatable bonds is 3. The molecule has 4 aliphatic rings. The number of hydrogen-bond acceptors (Lipinski definition) is 4. The van der Waals surface area contributed by atoms with Gasteiger partial charge in [-0.1, -0.05) is 31.6 Å². The Hall–Kier alpha value is -1.97. The summed E-state index contributed by atoms with van der Waals surface area (Å²) in [5, 5.41) is 0. The SMILES string of the molecule is CC(=O)O[C@H]1CC[C@@]2(C)C(=CC[C@H]3[C@@H]4CCC(=NCc5ccccn5)C4(C)CC[C@@H]32)C1. The van der Waals surface area contributed by atoms with Gasteiger partial charge in [0.2, 0.25) is 0 Å². The molecule has 166 valence electrons. The third kappa shape index (κ3) is 3.56. The van der Waals surface area contributed by atoms with Crippen molar-refractivity contribution in [2.24, 2.45) is 33.6 Å². The maximum Gasteiger partial charge on any atom is 0.302 e. The summed E-state index contributed by atoms with van der Waals surface area (Å²) in [6, 6.07) is 6.10. The van der Waals surface area contributed by atoms with Crippen LogP contribution in [0.4, 0.5) is 0 Å². The van der Waals surface area contributed by atoms with Gasteiger partial charge in [0.15, 0.2) is 0 Å². The molecule has 0 saturated heterocycles. The number of ether oxygens (including phenoxy) is 1. The van der Waals surface area contributed by atoms with E-state index in [1.54, 1.807) is 5.57 Å². The number of carbonyl (C=O) groups is 1. The first kappa shape index (κ1) is 20.9. The van der Waals surface area contributed by atoms with Gasteiger partial charge in [-0.2, -0.15) is 0 Å². The first-order valence-electron chi connectivity index (χ1n) is 12.2. The van der Waals surface area contributed by atoms with Crippen molar-refractivity contribution in [3.63, 3.8) is 0 Å². The van der Waals surface area contributed by atoms with Gasteiger partial charge in [-0.25, -0.2) is 0 Å². The third-order valence-electron chi connectivity index (χ3n) is 9.29. The van der Waals surface area contributed by atoms with E-state index >= 15 is 0 Å². The van der Waals surface area contributed by atoms with Crippen LogP contribution in [-0.2, 0) is 16.1 Å². The molecule has 31 heavy (non-hydrogen) atoms. The summed E-state index contributed by atoms with van der Waals surface area (Å²) in [7, 11) is 0. The first-order valence-corrected chi connectivity index (χ1v) is 12.2. The van der Waals surface area contributed by atoms with Gasteiger partial charge in [-0.05, 0) is 80.2 Å². The number of carbonyl (C=O) groups excluding carboxylic acids is 1. The standard InChI is InChI=1S/C27H36N2O2/c1-18(30)31-21-11-13-26(2)19(16-21)7-8-22-23-9-10-25(27(23,3)14-12-24(22)26)29-17-20-6-4-5-15-28-20/h4-7,15,21-24H,8-14,16-17H2,1-3H3/t21-,22-,23-,24-,26-,27?/m0/s1. The van der Waals surface area contributed by atoms with Crippen LogP contribution in [0.15, 0.2) is 41.0 Å². The topological polar surface area (TPSA) is 51.5 Å². The van der Waals surface area contributed by atoms with Gasteiger partial charge in [-0.3, -0.25) is 14.8 Å². The predicted octanol–water partition coefficient (Wildman–Crippen LogP) is 5.92. The second-order valence-corrected chi connectivity index (χ2v) is 10.8. The van der Waals surface area contributed by atoms with Crippen LogP contribution in [0.5, 0.6) is 0 Å². The van der Waals surface area contributed by atoms with E-state index in [0.29, 0.717) is 6.54 Å². The lowest BCUT2D eigenvalue weighted by Crippen LogP contribution is -2.50. The first-order chi connectivity index (χ1) is 14.9. The van der Waals surface area contributed by atoms with E-state index in [-0.39, 0.29) is 22.9 Å². The number of esters is 1. The van der Waals surface area contributed by atoms with Crippen molar-refractivity contribution in [1.29, 1.82) is 0 Å². The van der Waals surface area contributed by atoms with Crippen molar-refractivity contribution in [1.82, 2.24) is 4.98 Å². The van der Waals surface area contributed by atoms with Crippen LogP contribution in [0.3, 0.4) is 0 Å². The van der Waals surface area contributed by atoms with Gasteiger partial charge in [0.05, 0.1) is 12.2 Å². The molecular weight excluding hydrogens is 384 g/mol. The number of nitrogens with zero attached hydrogens (tertiary/aromatic N) is 2. The van der Waals surface area contributed by atoms with Crippen molar-refractivity contribution in [2.45, 2.75) is 84.8 Å². The maximum atomic E-state index is 11.5. The molecule has 1 heterocycles. The van der Waals surface area contributed by atoms with Crippen LogP contribution in [0.25, 0.3) is 0 Å². The Labute approximate surface area is 186 Å². The van der Waals surface area contributed by atoms with Gasteiger partial charge in [0.1, 0.15) is 6.10 Å². The summed E-state index contributed by atoms with van der Waals surface area (Å²) in [5.41, 5.74) is 4.62. The van der Waals surface area contributed by atoms with E-state index < -0.39 is 0 Å². The molecule has 1 aromatic rings. The quantitative estimate of drug-likeness (QED) is 0.451. The van der Waals surface area contributed by atoms with Crippen LogP contribution < -0.4 is 0 Å². The van der Waals surface area contributed by atoms with Gasteiger partial charge in [-0.15, -0.1) is 0 Å². The van der Waals surface area contributed by atoms with E-state index in [1.165, 1.54) is 38.3 Å². The molecule has 1 aromatic heterocycles. The Morgan fingerprint density at radius 2 is 1.97 bits per heavy atom. The fourth-order valence-electron chi connectivity index (χ4n) is 7.68. The fourth-order valence-corrected chi connectivity index (χ4v) is 7.68.